The van der Waals surface area contributed by atoms with Gasteiger partial charge in [-0.15, -0.1) is 0 Å². The Morgan fingerprint density at radius 2 is 2.20 bits per heavy atom. The molecule has 6 heteroatoms. The van der Waals surface area contributed by atoms with Crippen LogP contribution in [-0.2, 0) is 9.53 Å². The van der Waals surface area contributed by atoms with E-state index in [-0.39, 0.29) is 18.1 Å². The molecule has 3 saturated heterocycles. The van der Waals surface area contributed by atoms with Crippen LogP contribution in [0.5, 0.6) is 0 Å². The molecule has 0 spiro atoms. The van der Waals surface area contributed by atoms with Gasteiger partial charge in [-0.2, -0.15) is 0 Å². The fourth-order valence-corrected chi connectivity index (χ4v) is 3.89. The summed E-state index contributed by atoms with van der Waals surface area (Å²) in [5.41, 5.74) is 2.19. The number of hydrazine groups is 1. The van der Waals surface area contributed by atoms with Crippen molar-refractivity contribution in [1.82, 2.24) is 15.2 Å². The van der Waals surface area contributed by atoms with Gasteiger partial charge in [-0.25, -0.2) is 5.84 Å². The molecule has 0 aromatic carbocycles. The highest BCUT2D eigenvalue weighted by molar-refractivity contribution is 5.80. The van der Waals surface area contributed by atoms with E-state index in [1.807, 2.05) is 0 Å². The van der Waals surface area contributed by atoms with Gasteiger partial charge in [0.2, 0.25) is 0 Å². The van der Waals surface area contributed by atoms with Crippen LogP contribution in [0.2, 0.25) is 0 Å². The number of nitrogens with one attached hydrogen (secondary N) is 1. The van der Waals surface area contributed by atoms with Gasteiger partial charge in [0.15, 0.2) is 0 Å². The number of fused-ring (bicyclic) bond motifs is 1. The third-order valence-corrected chi connectivity index (χ3v) is 5.05. The van der Waals surface area contributed by atoms with Crippen molar-refractivity contribution in [3.05, 3.63) is 0 Å². The monoisotopic (exact) mass is 282 g/mol. The molecule has 3 aliphatic rings. The van der Waals surface area contributed by atoms with E-state index in [2.05, 4.69) is 22.1 Å². The smallest absolute Gasteiger partial charge is 0.263 e. The van der Waals surface area contributed by atoms with Crippen molar-refractivity contribution < 1.29 is 9.53 Å². The van der Waals surface area contributed by atoms with Crippen LogP contribution in [0, 0.1) is 0 Å². The molecule has 0 saturated carbocycles. The Balaban J connectivity index is 1.52. The SMILES string of the molecule is CC1CN2CCCC2CN1CC1CCC(C(=O)NN)O1. The van der Waals surface area contributed by atoms with Gasteiger partial charge in [-0.1, -0.05) is 0 Å². The van der Waals surface area contributed by atoms with Crippen LogP contribution in [0.25, 0.3) is 0 Å². The van der Waals surface area contributed by atoms with Crippen LogP contribution >= 0.6 is 0 Å². The standard InChI is InChI=1S/C14H26N4O2/c1-10-7-17-6-2-3-11(17)8-18(10)9-12-4-5-13(20-12)14(19)16-15/h10-13H,2-9,15H2,1H3,(H,16,19). The Bertz CT molecular complexity index is 365. The second-order valence-corrected chi connectivity index (χ2v) is 6.43. The van der Waals surface area contributed by atoms with Crippen LogP contribution < -0.4 is 11.3 Å². The maximum atomic E-state index is 11.5. The van der Waals surface area contributed by atoms with Crippen molar-refractivity contribution in [2.24, 2.45) is 5.84 Å². The largest absolute Gasteiger partial charge is 0.364 e. The molecule has 114 valence electrons. The van der Waals surface area contributed by atoms with Crippen molar-refractivity contribution in [3.8, 4) is 0 Å². The fraction of sp³-hybridized carbons (Fsp3) is 0.929. The van der Waals surface area contributed by atoms with E-state index < -0.39 is 0 Å². The first-order valence-corrected chi connectivity index (χ1v) is 7.81. The van der Waals surface area contributed by atoms with Gasteiger partial charge >= 0.3 is 0 Å². The summed E-state index contributed by atoms with van der Waals surface area (Å²) >= 11 is 0. The second-order valence-electron chi connectivity index (χ2n) is 6.43. The average Bonchev–Trinajstić information content (AvgIpc) is 3.07. The zero-order valence-corrected chi connectivity index (χ0v) is 12.3. The molecular formula is C14H26N4O2. The molecule has 3 heterocycles. The minimum atomic E-state index is -0.354. The number of nitrogens with zero attached hydrogens (tertiary/aromatic N) is 2. The van der Waals surface area contributed by atoms with E-state index in [0.29, 0.717) is 6.04 Å². The van der Waals surface area contributed by atoms with Crippen molar-refractivity contribution in [2.45, 2.75) is 56.9 Å². The van der Waals surface area contributed by atoms with E-state index in [1.165, 1.54) is 25.9 Å². The maximum absolute atomic E-state index is 11.5. The predicted octanol–water partition coefficient (Wildman–Crippen LogP) is -0.308. The Morgan fingerprint density at radius 3 is 3.00 bits per heavy atom. The molecule has 6 nitrogen and oxygen atoms in total. The van der Waals surface area contributed by atoms with Gasteiger partial charge < -0.3 is 4.74 Å². The van der Waals surface area contributed by atoms with Gasteiger partial charge in [-0.05, 0) is 39.2 Å². The third-order valence-electron chi connectivity index (χ3n) is 5.05. The molecule has 3 aliphatic heterocycles. The normalized spacial score (nSPS) is 38.9. The first-order chi connectivity index (χ1) is 9.67. The summed E-state index contributed by atoms with van der Waals surface area (Å²) in [4.78, 5) is 16.7. The van der Waals surface area contributed by atoms with E-state index in [1.54, 1.807) is 0 Å². The number of hydrogen-bond acceptors (Lipinski definition) is 5. The van der Waals surface area contributed by atoms with E-state index in [9.17, 15) is 4.79 Å². The lowest BCUT2D eigenvalue weighted by Gasteiger charge is -2.43. The predicted molar refractivity (Wildman–Crippen MR) is 75.9 cm³/mol. The Labute approximate surface area is 120 Å². The van der Waals surface area contributed by atoms with Crippen LogP contribution in [0.1, 0.15) is 32.6 Å². The summed E-state index contributed by atoms with van der Waals surface area (Å²) in [5, 5.41) is 0. The van der Waals surface area contributed by atoms with Crippen LogP contribution in [0.3, 0.4) is 0 Å². The molecule has 0 aliphatic carbocycles. The topological polar surface area (TPSA) is 70.8 Å². The lowest BCUT2D eigenvalue weighted by molar-refractivity contribution is -0.132. The van der Waals surface area contributed by atoms with Gasteiger partial charge in [-0.3, -0.25) is 20.0 Å². The molecule has 0 radical (unpaired) electrons. The molecule has 0 bridgehead atoms. The van der Waals surface area contributed by atoms with Gasteiger partial charge in [0, 0.05) is 31.7 Å². The molecule has 1 amide bonds. The van der Waals surface area contributed by atoms with Crippen molar-refractivity contribution in [3.63, 3.8) is 0 Å². The van der Waals surface area contributed by atoms with Crippen molar-refractivity contribution >= 4 is 5.91 Å². The molecule has 4 atom stereocenters. The minimum Gasteiger partial charge on any atom is -0.364 e. The quantitative estimate of drug-likeness (QED) is 0.422. The summed E-state index contributed by atoms with van der Waals surface area (Å²) in [6.07, 6.45) is 4.22. The molecule has 3 fully saturated rings. The highest BCUT2D eigenvalue weighted by atomic mass is 16.5. The van der Waals surface area contributed by atoms with E-state index in [0.717, 1.165) is 32.0 Å². The van der Waals surface area contributed by atoms with Crippen LogP contribution in [0.15, 0.2) is 0 Å². The lowest BCUT2D eigenvalue weighted by Crippen LogP contribution is -2.56. The number of carbonyl (C=O) groups is 1. The van der Waals surface area contributed by atoms with Gasteiger partial charge in [0.1, 0.15) is 6.10 Å². The van der Waals surface area contributed by atoms with Gasteiger partial charge in [0.25, 0.3) is 5.91 Å². The summed E-state index contributed by atoms with van der Waals surface area (Å²) < 4.78 is 5.83. The number of rotatable bonds is 3. The number of hydrogen-bond donors (Lipinski definition) is 2. The highest BCUT2D eigenvalue weighted by Gasteiger charge is 2.37. The first kappa shape index (κ1) is 14.3. The summed E-state index contributed by atoms with van der Waals surface area (Å²) in [6, 6.07) is 1.31. The van der Waals surface area contributed by atoms with E-state index >= 15 is 0 Å². The Morgan fingerprint density at radius 1 is 1.35 bits per heavy atom. The third kappa shape index (κ3) is 2.83. The summed E-state index contributed by atoms with van der Waals surface area (Å²) in [6.45, 7) is 6.83. The second kappa shape index (κ2) is 5.97. The van der Waals surface area contributed by atoms with Crippen molar-refractivity contribution in [1.29, 1.82) is 0 Å². The number of piperazine rings is 1. The highest BCUT2D eigenvalue weighted by Crippen LogP contribution is 2.27. The van der Waals surface area contributed by atoms with E-state index in [4.69, 9.17) is 10.6 Å². The Hall–Kier alpha value is -0.690. The lowest BCUT2D eigenvalue weighted by atomic mass is 10.1. The number of amides is 1. The Kier molecular flexibility index (Phi) is 4.26. The van der Waals surface area contributed by atoms with Crippen LogP contribution in [-0.4, -0.2) is 66.2 Å². The van der Waals surface area contributed by atoms with Crippen LogP contribution in [0.4, 0.5) is 0 Å². The minimum absolute atomic E-state index is 0.174. The molecular weight excluding hydrogens is 256 g/mol. The number of ether oxygens (including phenoxy) is 1. The fourth-order valence-electron chi connectivity index (χ4n) is 3.89. The van der Waals surface area contributed by atoms with Crippen molar-refractivity contribution in [2.75, 3.05) is 26.2 Å². The number of nitrogens with two attached hydrogens (primary N) is 1. The molecule has 3 N–H and O–H groups in total. The number of carbonyl (C=O) groups excluding carboxylic acids is 1. The zero-order chi connectivity index (χ0) is 14.1. The molecule has 3 rings (SSSR count). The molecule has 4 unspecified atom stereocenters. The zero-order valence-electron chi connectivity index (χ0n) is 12.3. The maximum Gasteiger partial charge on any atom is 0.263 e. The molecule has 0 aromatic heterocycles. The summed E-state index contributed by atoms with van der Waals surface area (Å²) in [7, 11) is 0. The molecule has 0 aromatic rings. The molecule has 20 heavy (non-hydrogen) atoms. The first-order valence-electron chi connectivity index (χ1n) is 7.81. The average molecular weight is 282 g/mol. The van der Waals surface area contributed by atoms with Gasteiger partial charge in [0.05, 0.1) is 6.10 Å². The summed E-state index contributed by atoms with van der Waals surface area (Å²) in [5.74, 6) is 4.97.